The van der Waals surface area contributed by atoms with Crippen LogP contribution in [-0.4, -0.2) is 47.5 Å². The Hall–Kier alpha value is -2.55. The van der Waals surface area contributed by atoms with Gasteiger partial charge in [0.1, 0.15) is 11.4 Å². The van der Waals surface area contributed by atoms with E-state index in [1.54, 1.807) is 12.2 Å². The van der Waals surface area contributed by atoms with Crippen molar-refractivity contribution in [2.75, 3.05) is 7.11 Å². The number of ether oxygens (including phenoxy) is 2. The van der Waals surface area contributed by atoms with Crippen molar-refractivity contribution in [1.82, 2.24) is 4.90 Å². The number of amides is 1. The summed E-state index contributed by atoms with van der Waals surface area (Å²) in [4.78, 5) is 39.5. The molecule has 1 saturated carbocycles. The Bertz CT molecular complexity index is 755. The topological polar surface area (TPSA) is 72.9 Å². The lowest BCUT2D eigenvalue weighted by atomic mass is 9.68. The Morgan fingerprint density at radius 1 is 1.26 bits per heavy atom. The molecule has 2 rings (SSSR count). The highest BCUT2D eigenvalue weighted by molar-refractivity contribution is 5.86. The number of esters is 1. The summed E-state index contributed by atoms with van der Waals surface area (Å²) < 4.78 is 10.3. The third-order valence-electron chi connectivity index (χ3n) is 5.94. The molecule has 2 fully saturated rings. The molecule has 1 saturated heterocycles. The normalized spacial score (nSPS) is 26.5. The predicted octanol–water partition coefficient (Wildman–Crippen LogP) is 4.44. The van der Waals surface area contributed by atoms with Crippen LogP contribution in [0, 0.1) is 24.2 Å². The lowest BCUT2D eigenvalue weighted by Gasteiger charge is -2.50. The molecule has 0 aromatic rings. The van der Waals surface area contributed by atoms with Crippen LogP contribution in [0.4, 0.5) is 4.79 Å². The molecule has 0 unspecified atom stereocenters. The molecule has 1 aliphatic carbocycles. The summed E-state index contributed by atoms with van der Waals surface area (Å²) in [6.07, 6.45) is 16.6. The maximum atomic E-state index is 13.2. The Morgan fingerprint density at radius 3 is 2.65 bits per heavy atom. The lowest BCUT2D eigenvalue weighted by molar-refractivity contribution is -0.137. The van der Waals surface area contributed by atoms with Gasteiger partial charge in [-0.25, -0.2) is 9.59 Å². The molecule has 4 atom stereocenters. The van der Waals surface area contributed by atoms with E-state index >= 15 is 0 Å². The Balaban J connectivity index is 2.24. The molecule has 0 bridgehead atoms. The van der Waals surface area contributed by atoms with Crippen LogP contribution in [0.2, 0.25) is 0 Å². The first kappa shape index (κ1) is 24.7. The Kier molecular flexibility index (Phi) is 8.91. The van der Waals surface area contributed by atoms with Gasteiger partial charge in [0.15, 0.2) is 0 Å². The minimum absolute atomic E-state index is 0.163. The first-order valence-corrected chi connectivity index (χ1v) is 11.1. The number of carbonyl (C=O) groups is 3. The molecule has 1 amide bonds. The van der Waals surface area contributed by atoms with Crippen LogP contribution < -0.4 is 0 Å². The fraction of sp³-hybridized carbons (Fsp3) is 0.640. The van der Waals surface area contributed by atoms with Crippen molar-refractivity contribution >= 4 is 17.8 Å². The van der Waals surface area contributed by atoms with Crippen molar-refractivity contribution in [3.05, 3.63) is 24.3 Å². The summed E-state index contributed by atoms with van der Waals surface area (Å²) in [5.74, 6) is 2.29. The van der Waals surface area contributed by atoms with Crippen molar-refractivity contribution < 1.29 is 23.9 Å². The van der Waals surface area contributed by atoms with Crippen LogP contribution in [0.5, 0.6) is 0 Å². The van der Waals surface area contributed by atoms with Gasteiger partial charge in [0.05, 0.1) is 7.11 Å². The Labute approximate surface area is 186 Å². The van der Waals surface area contributed by atoms with Gasteiger partial charge in [-0.05, 0) is 64.9 Å². The molecule has 0 aromatic heterocycles. The number of likely N-dealkylation sites (tertiary alicyclic amines) is 1. The molecule has 2 aliphatic rings. The van der Waals surface area contributed by atoms with Gasteiger partial charge in [-0.3, -0.25) is 4.79 Å². The number of hydrogen-bond acceptors (Lipinski definition) is 5. The number of methoxy groups -OCH3 is 1. The molecule has 170 valence electrons. The quantitative estimate of drug-likeness (QED) is 0.355. The molecular weight excluding hydrogens is 394 g/mol. The molecule has 1 aliphatic heterocycles. The van der Waals surface area contributed by atoms with E-state index in [0.717, 1.165) is 25.7 Å². The van der Waals surface area contributed by atoms with Crippen molar-refractivity contribution in [2.24, 2.45) is 11.8 Å². The molecule has 0 N–H and O–H groups in total. The number of fused-ring (bicyclic) bond motifs is 1. The first-order valence-electron chi connectivity index (χ1n) is 11.1. The average molecular weight is 430 g/mol. The molecular formula is C25H35NO5. The third kappa shape index (κ3) is 6.99. The monoisotopic (exact) mass is 429 g/mol. The van der Waals surface area contributed by atoms with E-state index in [2.05, 4.69) is 10.7 Å². The molecule has 0 radical (unpaired) electrons. The summed E-state index contributed by atoms with van der Waals surface area (Å²) in [5, 5.41) is 0. The minimum atomic E-state index is -0.618. The van der Waals surface area contributed by atoms with Gasteiger partial charge < -0.3 is 14.4 Å². The Morgan fingerprint density at radius 2 is 2.00 bits per heavy atom. The van der Waals surface area contributed by atoms with Crippen LogP contribution in [0.1, 0.15) is 65.7 Å². The number of allylic oxidation sites excluding steroid dienone is 3. The van der Waals surface area contributed by atoms with Crippen molar-refractivity contribution in [1.29, 1.82) is 0 Å². The zero-order valence-electron chi connectivity index (χ0n) is 19.1. The van der Waals surface area contributed by atoms with Gasteiger partial charge in [0.25, 0.3) is 0 Å². The SMILES string of the molecule is C#C/C=C/C[C@H]1CCC[C@H]2[C@@H]1C(=O)C[C@H](CC/C=C/C(=O)OC)N2C(=O)OC(C)(C)C. The first-order chi connectivity index (χ1) is 14.7. The molecule has 0 spiro atoms. The maximum Gasteiger partial charge on any atom is 0.410 e. The second-order valence-electron chi connectivity index (χ2n) is 9.30. The smallest absolute Gasteiger partial charge is 0.410 e. The van der Waals surface area contributed by atoms with Gasteiger partial charge >= 0.3 is 12.1 Å². The fourth-order valence-electron chi connectivity index (χ4n) is 4.74. The van der Waals surface area contributed by atoms with E-state index in [0.29, 0.717) is 19.3 Å². The van der Waals surface area contributed by atoms with E-state index in [9.17, 15) is 14.4 Å². The molecule has 6 nitrogen and oxygen atoms in total. The fourth-order valence-corrected chi connectivity index (χ4v) is 4.74. The van der Waals surface area contributed by atoms with Crippen LogP contribution >= 0.6 is 0 Å². The van der Waals surface area contributed by atoms with E-state index in [-0.39, 0.29) is 35.8 Å². The third-order valence-corrected chi connectivity index (χ3v) is 5.94. The minimum Gasteiger partial charge on any atom is -0.466 e. The van der Waals surface area contributed by atoms with Gasteiger partial charge in [0, 0.05) is 30.5 Å². The number of nitrogens with zero attached hydrogens (tertiary/aromatic N) is 1. The van der Waals surface area contributed by atoms with Gasteiger partial charge in [-0.1, -0.05) is 24.5 Å². The highest BCUT2D eigenvalue weighted by atomic mass is 16.6. The highest BCUT2D eigenvalue weighted by Crippen LogP contribution is 2.42. The van der Waals surface area contributed by atoms with E-state index < -0.39 is 11.6 Å². The van der Waals surface area contributed by atoms with Crippen LogP contribution in [-0.2, 0) is 19.1 Å². The number of ketones is 1. The van der Waals surface area contributed by atoms with Crippen molar-refractivity contribution in [2.45, 2.75) is 83.4 Å². The van der Waals surface area contributed by atoms with Crippen molar-refractivity contribution in [3.8, 4) is 12.3 Å². The standard InChI is InChI=1S/C25H35NO5/c1-6-7-8-12-18-13-11-15-20-23(18)21(27)17-19(14-9-10-16-22(28)30-5)26(20)24(29)31-25(2,3)4/h1,7-8,10,16,18-20,23H,9,11-15,17H2,2-5H3/b8-7+,16-10+/t18-,19-,20-,23+/m0/s1. The predicted molar refractivity (Wildman–Crippen MR) is 119 cm³/mol. The summed E-state index contributed by atoms with van der Waals surface area (Å²) in [6, 6.07) is -0.408. The molecule has 6 heteroatoms. The second kappa shape index (κ2) is 11.2. The largest absolute Gasteiger partial charge is 0.466 e. The van der Waals surface area contributed by atoms with Gasteiger partial charge in [-0.15, -0.1) is 6.42 Å². The summed E-state index contributed by atoms with van der Waals surface area (Å²) in [5.41, 5.74) is -0.618. The summed E-state index contributed by atoms with van der Waals surface area (Å²) >= 11 is 0. The maximum absolute atomic E-state index is 13.2. The van der Waals surface area contributed by atoms with Crippen LogP contribution in [0.25, 0.3) is 0 Å². The number of terminal acetylenes is 1. The zero-order valence-corrected chi connectivity index (χ0v) is 19.1. The van der Waals surface area contributed by atoms with E-state index in [4.69, 9.17) is 11.2 Å². The number of rotatable bonds is 6. The van der Waals surface area contributed by atoms with Gasteiger partial charge in [0.2, 0.25) is 0 Å². The molecule has 1 heterocycles. The summed E-state index contributed by atoms with van der Waals surface area (Å²) in [7, 11) is 1.33. The molecule has 0 aromatic carbocycles. The lowest BCUT2D eigenvalue weighted by Crippen LogP contribution is -2.60. The van der Waals surface area contributed by atoms with E-state index in [1.807, 2.05) is 31.7 Å². The average Bonchev–Trinajstić information content (AvgIpc) is 2.69. The number of hydrogen-bond donors (Lipinski definition) is 0. The van der Waals surface area contributed by atoms with Crippen LogP contribution in [0.3, 0.4) is 0 Å². The van der Waals surface area contributed by atoms with Crippen molar-refractivity contribution in [3.63, 3.8) is 0 Å². The summed E-state index contributed by atoms with van der Waals surface area (Å²) in [6.45, 7) is 5.54. The zero-order chi connectivity index (χ0) is 23.0. The van der Waals surface area contributed by atoms with E-state index in [1.165, 1.54) is 13.2 Å². The number of piperidine rings is 1. The van der Waals surface area contributed by atoms with Crippen LogP contribution in [0.15, 0.2) is 24.3 Å². The second-order valence-corrected chi connectivity index (χ2v) is 9.30. The van der Waals surface area contributed by atoms with Gasteiger partial charge in [-0.2, -0.15) is 0 Å². The number of Topliss-reactive ketones (excluding diaryl/α,β-unsaturated/α-hetero) is 1. The highest BCUT2D eigenvalue weighted by Gasteiger charge is 2.49. The number of carbonyl (C=O) groups excluding carboxylic acids is 3. The molecule has 31 heavy (non-hydrogen) atoms.